The zero-order valence-corrected chi connectivity index (χ0v) is 8.04. The van der Waals surface area contributed by atoms with E-state index in [-0.39, 0.29) is 0 Å². The second kappa shape index (κ2) is 3.33. The van der Waals surface area contributed by atoms with Gasteiger partial charge >= 0.3 is 0 Å². The summed E-state index contributed by atoms with van der Waals surface area (Å²) in [5, 5.41) is 2.68. The number of alkyl halides is 1. The van der Waals surface area contributed by atoms with E-state index in [9.17, 15) is 0 Å². The predicted octanol–water partition coefficient (Wildman–Crippen LogP) is 1.82. The van der Waals surface area contributed by atoms with E-state index in [1.54, 1.807) is 5.06 Å². The number of nitrogens with one attached hydrogen (secondary N) is 1. The molecule has 2 rings (SSSR count). The first kappa shape index (κ1) is 7.89. The number of hydrogen-bond acceptors (Lipinski definition) is 3. The highest BCUT2D eigenvalue weighted by Crippen LogP contribution is 2.21. The highest BCUT2D eigenvalue weighted by molar-refractivity contribution is 9.09. The van der Waals surface area contributed by atoms with E-state index in [1.165, 1.54) is 5.57 Å². The first-order valence-electron chi connectivity index (χ1n) is 3.77. The molecular weight excluding hydrogens is 220 g/mol. The third-order valence-corrected chi connectivity index (χ3v) is 2.15. The molecule has 0 saturated heterocycles. The molecule has 0 bridgehead atoms. The fourth-order valence-corrected chi connectivity index (χ4v) is 1.61. The first-order chi connectivity index (χ1) is 5.90. The molecule has 0 spiro atoms. The van der Waals surface area contributed by atoms with Crippen molar-refractivity contribution >= 4 is 15.9 Å². The molecule has 3 nitrogen and oxygen atoms in total. The lowest BCUT2D eigenvalue weighted by Crippen LogP contribution is -2.15. The van der Waals surface area contributed by atoms with E-state index in [0.717, 1.165) is 17.4 Å². The molecule has 0 radical (unpaired) electrons. The summed E-state index contributed by atoms with van der Waals surface area (Å²) in [5.41, 5.74) is 5.04. The number of fused-ring (bicyclic) bond motifs is 1. The van der Waals surface area contributed by atoms with Crippen molar-refractivity contribution in [2.75, 3.05) is 5.33 Å². The van der Waals surface area contributed by atoms with Gasteiger partial charge in [0.05, 0.1) is 11.9 Å². The highest BCUT2D eigenvalue weighted by atomic mass is 79.9. The maximum absolute atomic E-state index is 5.03. The van der Waals surface area contributed by atoms with Gasteiger partial charge < -0.3 is 0 Å². The summed E-state index contributed by atoms with van der Waals surface area (Å²) in [6.07, 6.45) is 8.93. The Balaban J connectivity index is 2.14. The molecule has 1 N–H and O–H groups in total. The zero-order valence-electron chi connectivity index (χ0n) is 6.46. The molecule has 0 amide bonds. The lowest BCUT2D eigenvalue weighted by atomic mass is 10.1. The van der Waals surface area contributed by atoms with Gasteiger partial charge in [0.2, 0.25) is 0 Å². The van der Waals surface area contributed by atoms with Crippen molar-refractivity contribution < 1.29 is 4.94 Å². The van der Waals surface area contributed by atoms with Crippen molar-refractivity contribution in [3.8, 4) is 0 Å². The van der Waals surface area contributed by atoms with Crippen LogP contribution in [0.2, 0.25) is 0 Å². The molecule has 0 fully saturated rings. The third kappa shape index (κ3) is 1.40. The second-order valence-corrected chi connectivity index (χ2v) is 3.37. The van der Waals surface area contributed by atoms with Gasteiger partial charge in [0.15, 0.2) is 0 Å². The van der Waals surface area contributed by atoms with Gasteiger partial charge in [-0.05, 0) is 24.1 Å². The van der Waals surface area contributed by atoms with Gasteiger partial charge in [-0.1, -0.05) is 15.9 Å². The Labute approximate surface area is 79.4 Å². The lowest BCUT2D eigenvalue weighted by molar-refractivity contribution is -0.112. The monoisotopic (exact) mass is 228 g/mol. The Morgan fingerprint density at radius 2 is 2.50 bits per heavy atom. The summed E-state index contributed by atoms with van der Waals surface area (Å²) in [7, 11) is 0. The largest absolute Gasteiger partial charge is 0.247 e. The molecule has 0 aliphatic carbocycles. The average molecular weight is 229 g/mol. The molecule has 12 heavy (non-hydrogen) atoms. The lowest BCUT2D eigenvalue weighted by Gasteiger charge is -2.16. The number of halogens is 1. The van der Waals surface area contributed by atoms with E-state index < -0.39 is 0 Å². The molecule has 0 aromatic rings. The van der Waals surface area contributed by atoms with Crippen LogP contribution >= 0.6 is 15.9 Å². The van der Waals surface area contributed by atoms with Crippen molar-refractivity contribution in [1.29, 1.82) is 0 Å². The minimum absolute atomic E-state index is 0.991. The van der Waals surface area contributed by atoms with Gasteiger partial charge in [-0.15, -0.1) is 0 Å². The molecule has 2 aliphatic rings. The van der Waals surface area contributed by atoms with Crippen molar-refractivity contribution in [2.45, 2.75) is 6.42 Å². The maximum Gasteiger partial charge on any atom is 0.0897 e. The van der Waals surface area contributed by atoms with Crippen molar-refractivity contribution in [3.05, 3.63) is 35.8 Å². The van der Waals surface area contributed by atoms with E-state index in [0.29, 0.717) is 0 Å². The van der Waals surface area contributed by atoms with Gasteiger partial charge in [0.25, 0.3) is 0 Å². The van der Waals surface area contributed by atoms with E-state index >= 15 is 0 Å². The minimum Gasteiger partial charge on any atom is -0.247 e. The van der Waals surface area contributed by atoms with Crippen molar-refractivity contribution in [1.82, 2.24) is 10.5 Å². The van der Waals surface area contributed by atoms with Crippen LogP contribution in [0.5, 0.6) is 0 Å². The van der Waals surface area contributed by atoms with Gasteiger partial charge in [-0.25, -0.2) is 10.5 Å². The van der Waals surface area contributed by atoms with Gasteiger partial charge in [0, 0.05) is 11.5 Å². The number of rotatable bonds is 2. The van der Waals surface area contributed by atoms with Crippen LogP contribution in [0.4, 0.5) is 0 Å². The second-order valence-electron chi connectivity index (χ2n) is 2.58. The van der Waals surface area contributed by atoms with E-state index in [2.05, 4.69) is 27.5 Å². The number of allylic oxidation sites excluding steroid dienone is 3. The summed E-state index contributed by atoms with van der Waals surface area (Å²) in [5.74, 6) is 0. The third-order valence-electron chi connectivity index (χ3n) is 1.75. The minimum atomic E-state index is 0.991. The SMILES string of the molecule is BrCCC1=CC2=CNON2C=C1. The van der Waals surface area contributed by atoms with Crippen LogP contribution < -0.4 is 5.48 Å². The number of hydroxylamine groups is 3. The van der Waals surface area contributed by atoms with Crippen LogP contribution in [-0.4, -0.2) is 10.4 Å². The molecule has 4 heteroatoms. The van der Waals surface area contributed by atoms with Crippen molar-refractivity contribution in [3.63, 3.8) is 0 Å². The zero-order chi connectivity index (χ0) is 8.39. The summed E-state index contributed by atoms with van der Waals surface area (Å²) < 4.78 is 0. The average Bonchev–Trinajstić information content (AvgIpc) is 2.51. The Bertz CT molecular complexity index is 270. The number of hydrogen-bond donors (Lipinski definition) is 1. The van der Waals surface area contributed by atoms with Crippen LogP contribution in [-0.2, 0) is 4.94 Å². The van der Waals surface area contributed by atoms with Gasteiger partial charge in [0.1, 0.15) is 0 Å². The summed E-state index contributed by atoms with van der Waals surface area (Å²) in [6, 6.07) is 0. The predicted molar refractivity (Wildman–Crippen MR) is 49.8 cm³/mol. The number of nitrogens with zero attached hydrogens (tertiary/aromatic N) is 1. The molecule has 2 aliphatic heterocycles. The highest BCUT2D eigenvalue weighted by Gasteiger charge is 2.15. The molecule has 0 unspecified atom stereocenters. The Kier molecular flexibility index (Phi) is 2.19. The summed E-state index contributed by atoms with van der Waals surface area (Å²) in [6.45, 7) is 0. The molecule has 0 aromatic carbocycles. The maximum atomic E-state index is 5.03. The standard InChI is InChI=1S/C8H9BrN2O/c9-3-1-7-2-4-11-8(5-7)6-10-12-11/h2,4-6,10H,1,3H2. The molecule has 0 aromatic heterocycles. The molecular formula is C8H9BrN2O. The fraction of sp³-hybridized carbons (Fsp3) is 0.250. The van der Waals surface area contributed by atoms with Crippen LogP contribution in [0.3, 0.4) is 0 Å². The van der Waals surface area contributed by atoms with Crippen LogP contribution in [0, 0.1) is 0 Å². The Morgan fingerprint density at radius 3 is 3.33 bits per heavy atom. The Morgan fingerprint density at radius 1 is 1.58 bits per heavy atom. The molecule has 64 valence electrons. The van der Waals surface area contributed by atoms with Gasteiger partial charge in [-0.2, -0.15) is 4.94 Å². The quantitative estimate of drug-likeness (QED) is 0.731. The van der Waals surface area contributed by atoms with E-state index in [4.69, 9.17) is 4.94 Å². The first-order valence-corrected chi connectivity index (χ1v) is 4.89. The summed E-state index contributed by atoms with van der Waals surface area (Å²) in [4.78, 5) is 5.03. The summed E-state index contributed by atoms with van der Waals surface area (Å²) >= 11 is 3.40. The molecule has 0 atom stereocenters. The normalized spacial score (nSPS) is 19.9. The smallest absolute Gasteiger partial charge is 0.0897 e. The van der Waals surface area contributed by atoms with Crippen molar-refractivity contribution in [2.24, 2.45) is 0 Å². The topological polar surface area (TPSA) is 24.5 Å². The van der Waals surface area contributed by atoms with Crippen LogP contribution in [0.15, 0.2) is 35.8 Å². The van der Waals surface area contributed by atoms with Crippen LogP contribution in [0.1, 0.15) is 6.42 Å². The van der Waals surface area contributed by atoms with E-state index in [1.807, 2.05) is 18.5 Å². The fourth-order valence-electron chi connectivity index (χ4n) is 1.15. The Hall–Kier alpha value is -0.740. The van der Waals surface area contributed by atoms with Gasteiger partial charge in [-0.3, -0.25) is 0 Å². The van der Waals surface area contributed by atoms with Crippen LogP contribution in [0.25, 0.3) is 0 Å². The molecule has 2 heterocycles. The molecule has 0 saturated carbocycles.